The molecule has 0 aliphatic rings. The number of nitriles is 1. The van der Waals surface area contributed by atoms with E-state index in [0.717, 1.165) is 11.3 Å². The van der Waals surface area contributed by atoms with Crippen molar-refractivity contribution in [1.29, 1.82) is 5.26 Å². The van der Waals surface area contributed by atoms with E-state index < -0.39 is 0 Å². The highest BCUT2D eigenvalue weighted by Gasteiger charge is 2.05. The number of carbonyl (C=O) groups is 1. The second-order valence-electron chi connectivity index (χ2n) is 5.60. The Balaban J connectivity index is 1.57. The van der Waals surface area contributed by atoms with Gasteiger partial charge in [-0.1, -0.05) is 12.1 Å². The zero-order valence-electron chi connectivity index (χ0n) is 13.7. The summed E-state index contributed by atoms with van der Waals surface area (Å²) in [5.41, 5.74) is 2.70. The largest absolute Gasteiger partial charge is 0.340 e. The van der Waals surface area contributed by atoms with Crippen LogP contribution in [0.4, 0.5) is 21.6 Å². The first-order chi connectivity index (χ1) is 12.6. The van der Waals surface area contributed by atoms with Crippen molar-refractivity contribution in [2.45, 2.75) is 6.42 Å². The highest BCUT2D eigenvalue weighted by molar-refractivity contribution is 5.92. The first-order valence-corrected chi connectivity index (χ1v) is 7.90. The first-order valence-electron chi connectivity index (χ1n) is 7.90. The third kappa shape index (κ3) is 4.65. The summed E-state index contributed by atoms with van der Waals surface area (Å²) < 4.78 is 12.9. The lowest BCUT2D eigenvalue weighted by molar-refractivity contribution is -0.115. The first kappa shape index (κ1) is 17.1. The van der Waals surface area contributed by atoms with Crippen molar-refractivity contribution >= 4 is 23.1 Å². The fourth-order valence-corrected chi connectivity index (χ4v) is 2.31. The zero-order valence-corrected chi connectivity index (χ0v) is 13.7. The van der Waals surface area contributed by atoms with Gasteiger partial charge in [0.2, 0.25) is 5.91 Å². The summed E-state index contributed by atoms with van der Waals surface area (Å²) >= 11 is 0. The van der Waals surface area contributed by atoms with Crippen molar-refractivity contribution in [1.82, 2.24) is 4.98 Å². The average molecular weight is 346 g/mol. The number of carbonyl (C=O) groups excluding carboxylic acids is 1. The van der Waals surface area contributed by atoms with Crippen LogP contribution in [0.2, 0.25) is 0 Å². The van der Waals surface area contributed by atoms with Gasteiger partial charge in [0, 0.05) is 5.69 Å². The maximum absolute atomic E-state index is 12.9. The van der Waals surface area contributed by atoms with Crippen LogP contribution < -0.4 is 10.6 Å². The van der Waals surface area contributed by atoms with E-state index in [-0.39, 0.29) is 18.1 Å². The van der Waals surface area contributed by atoms with Crippen LogP contribution in [0.3, 0.4) is 0 Å². The van der Waals surface area contributed by atoms with Crippen LogP contribution in [-0.4, -0.2) is 10.9 Å². The number of hydrogen-bond acceptors (Lipinski definition) is 4. The minimum atomic E-state index is -0.330. The summed E-state index contributed by atoms with van der Waals surface area (Å²) in [6.07, 6.45) is 1.71. The molecule has 0 bridgehead atoms. The minimum absolute atomic E-state index is 0.158. The van der Waals surface area contributed by atoms with Gasteiger partial charge in [-0.2, -0.15) is 5.26 Å². The SMILES string of the molecule is N#Cc1ccc(Nc2ccc(NC(=O)Cc3ccc(F)cc3)cn2)cc1. The van der Waals surface area contributed by atoms with Gasteiger partial charge in [-0.25, -0.2) is 9.37 Å². The Hall–Kier alpha value is -3.72. The van der Waals surface area contributed by atoms with Crippen molar-refractivity contribution in [3.63, 3.8) is 0 Å². The lowest BCUT2D eigenvalue weighted by Gasteiger charge is -2.08. The number of nitrogens with zero attached hydrogens (tertiary/aromatic N) is 2. The van der Waals surface area contributed by atoms with E-state index in [2.05, 4.69) is 21.7 Å². The molecule has 1 aromatic heterocycles. The standard InChI is InChI=1S/C20H15FN4O/c21-16-5-1-14(2-6-16)11-20(26)25-18-9-10-19(23-13-18)24-17-7-3-15(12-22)4-8-17/h1-10,13H,11H2,(H,23,24)(H,25,26). The number of amides is 1. The van der Waals surface area contributed by atoms with Crippen LogP contribution >= 0.6 is 0 Å². The number of hydrogen-bond donors (Lipinski definition) is 2. The third-order valence-corrected chi connectivity index (χ3v) is 3.61. The molecule has 1 heterocycles. The van der Waals surface area contributed by atoms with E-state index >= 15 is 0 Å². The number of rotatable bonds is 5. The van der Waals surface area contributed by atoms with Gasteiger partial charge in [0.1, 0.15) is 11.6 Å². The van der Waals surface area contributed by atoms with Gasteiger partial charge < -0.3 is 10.6 Å². The Morgan fingerprint density at radius 1 is 1.00 bits per heavy atom. The molecule has 0 aliphatic carbocycles. The molecule has 6 heteroatoms. The fourth-order valence-electron chi connectivity index (χ4n) is 2.31. The van der Waals surface area contributed by atoms with Crippen LogP contribution in [0, 0.1) is 17.1 Å². The Morgan fingerprint density at radius 2 is 1.69 bits per heavy atom. The molecule has 3 rings (SSSR count). The molecular weight excluding hydrogens is 331 g/mol. The zero-order chi connectivity index (χ0) is 18.4. The Kier molecular flexibility index (Phi) is 5.20. The van der Waals surface area contributed by atoms with Crippen molar-refractivity contribution in [3.05, 3.63) is 83.8 Å². The topological polar surface area (TPSA) is 77.8 Å². The monoisotopic (exact) mass is 346 g/mol. The maximum atomic E-state index is 12.9. The molecule has 0 aliphatic heterocycles. The highest BCUT2D eigenvalue weighted by Crippen LogP contribution is 2.17. The molecule has 2 aromatic carbocycles. The molecule has 5 nitrogen and oxygen atoms in total. The number of nitrogens with one attached hydrogen (secondary N) is 2. The van der Waals surface area contributed by atoms with Gasteiger partial charge in [0.05, 0.1) is 29.9 Å². The molecule has 0 fully saturated rings. The van der Waals surface area contributed by atoms with E-state index in [9.17, 15) is 9.18 Å². The number of aromatic nitrogens is 1. The second kappa shape index (κ2) is 7.90. The lowest BCUT2D eigenvalue weighted by atomic mass is 10.1. The molecule has 3 aromatic rings. The number of halogens is 1. The van der Waals surface area contributed by atoms with Crippen LogP contribution in [-0.2, 0) is 11.2 Å². The molecule has 2 N–H and O–H groups in total. The molecule has 0 atom stereocenters. The average Bonchev–Trinajstić information content (AvgIpc) is 2.66. The predicted molar refractivity (Wildman–Crippen MR) is 97.4 cm³/mol. The Bertz CT molecular complexity index is 930. The van der Waals surface area contributed by atoms with E-state index in [0.29, 0.717) is 17.1 Å². The summed E-state index contributed by atoms with van der Waals surface area (Å²) in [4.78, 5) is 16.3. The van der Waals surface area contributed by atoms with Gasteiger partial charge in [-0.15, -0.1) is 0 Å². The number of pyridine rings is 1. The smallest absolute Gasteiger partial charge is 0.228 e. The molecule has 0 radical (unpaired) electrons. The van der Waals surface area contributed by atoms with Gasteiger partial charge in [-0.05, 0) is 54.1 Å². The third-order valence-electron chi connectivity index (χ3n) is 3.61. The Morgan fingerprint density at radius 3 is 2.31 bits per heavy atom. The number of anilines is 3. The molecular formula is C20H15FN4O. The summed E-state index contributed by atoms with van der Waals surface area (Å²) in [5, 5.41) is 14.7. The van der Waals surface area contributed by atoms with Gasteiger partial charge in [0.15, 0.2) is 0 Å². The Labute approximate surface area is 150 Å². The van der Waals surface area contributed by atoms with Crippen LogP contribution in [0.1, 0.15) is 11.1 Å². The van der Waals surface area contributed by atoms with Gasteiger partial charge in [-0.3, -0.25) is 4.79 Å². The molecule has 1 amide bonds. The van der Waals surface area contributed by atoms with Crippen molar-refractivity contribution in [2.75, 3.05) is 10.6 Å². The maximum Gasteiger partial charge on any atom is 0.228 e. The molecule has 0 spiro atoms. The fraction of sp³-hybridized carbons (Fsp3) is 0.0500. The predicted octanol–water partition coefficient (Wildman–Crippen LogP) is 4.02. The van der Waals surface area contributed by atoms with Gasteiger partial charge >= 0.3 is 0 Å². The highest BCUT2D eigenvalue weighted by atomic mass is 19.1. The summed E-state index contributed by atoms with van der Waals surface area (Å²) in [6, 6.07) is 18.4. The minimum Gasteiger partial charge on any atom is -0.340 e. The summed E-state index contributed by atoms with van der Waals surface area (Å²) in [5.74, 6) is 0.0844. The lowest BCUT2D eigenvalue weighted by Crippen LogP contribution is -2.14. The van der Waals surface area contributed by atoms with Crippen molar-refractivity contribution < 1.29 is 9.18 Å². The molecule has 0 saturated carbocycles. The van der Waals surface area contributed by atoms with Crippen LogP contribution in [0.15, 0.2) is 66.9 Å². The van der Waals surface area contributed by atoms with E-state index in [4.69, 9.17) is 5.26 Å². The van der Waals surface area contributed by atoms with Crippen molar-refractivity contribution in [3.8, 4) is 6.07 Å². The summed E-state index contributed by atoms with van der Waals surface area (Å²) in [6.45, 7) is 0. The van der Waals surface area contributed by atoms with E-state index in [1.54, 1.807) is 54.7 Å². The van der Waals surface area contributed by atoms with Gasteiger partial charge in [0.25, 0.3) is 0 Å². The summed E-state index contributed by atoms with van der Waals surface area (Å²) in [7, 11) is 0. The normalized spacial score (nSPS) is 10.0. The number of benzene rings is 2. The molecule has 26 heavy (non-hydrogen) atoms. The van der Waals surface area contributed by atoms with Crippen LogP contribution in [0.5, 0.6) is 0 Å². The molecule has 128 valence electrons. The van der Waals surface area contributed by atoms with Crippen molar-refractivity contribution in [2.24, 2.45) is 0 Å². The second-order valence-corrected chi connectivity index (χ2v) is 5.60. The molecule has 0 unspecified atom stereocenters. The van der Waals surface area contributed by atoms with E-state index in [1.165, 1.54) is 12.1 Å². The molecule has 0 saturated heterocycles. The van der Waals surface area contributed by atoms with Crippen LogP contribution in [0.25, 0.3) is 0 Å². The quantitative estimate of drug-likeness (QED) is 0.731. The van der Waals surface area contributed by atoms with E-state index in [1.807, 2.05) is 0 Å².